The Morgan fingerprint density at radius 1 is 1.47 bits per heavy atom. The standard InChI is InChI=1S/C11H15ClN2S/c12-10-6-8(3-4-11(10)13)15-9-2-1-5-14-7-9/h3-4,6,9,14H,1-2,5,7,13H2. The van der Waals surface area contributed by atoms with E-state index in [0.717, 1.165) is 13.1 Å². The first-order valence-electron chi connectivity index (χ1n) is 5.18. The summed E-state index contributed by atoms with van der Waals surface area (Å²) >= 11 is 7.86. The molecule has 2 rings (SSSR count). The van der Waals surface area contributed by atoms with E-state index in [1.54, 1.807) is 0 Å². The largest absolute Gasteiger partial charge is 0.398 e. The molecule has 15 heavy (non-hydrogen) atoms. The number of rotatable bonds is 2. The third kappa shape index (κ3) is 3.03. The summed E-state index contributed by atoms with van der Waals surface area (Å²) in [7, 11) is 0. The Morgan fingerprint density at radius 2 is 2.33 bits per heavy atom. The van der Waals surface area contributed by atoms with Crippen LogP contribution < -0.4 is 11.1 Å². The predicted octanol–water partition coefficient (Wildman–Crippen LogP) is 2.77. The lowest BCUT2D eigenvalue weighted by Crippen LogP contribution is -2.31. The molecule has 1 aliphatic rings. The fraction of sp³-hybridized carbons (Fsp3) is 0.455. The molecule has 1 fully saturated rings. The fourth-order valence-electron chi connectivity index (χ4n) is 1.69. The van der Waals surface area contributed by atoms with Crippen LogP contribution in [0.4, 0.5) is 5.69 Å². The molecule has 3 N–H and O–H groups in total. The van der Waals surface area contributed by atoms with E-state index in [1.807, 2.05) is 30.0 Å². The lowest BCUT2D eigenvalue weighted by molar-refractivity contribution is 0.531. The number of anilines is 1. The molecule has 2 nitrogen and oxygen atoms in total. The highest BCUT2D eigenvalue weighted by Gasteiger charge is 2.14. The molecule has 0 bridgehead atoms. The molecule has 1 saturated heterocycles. The van der Waals surface area contributed by atoms with Crippen LogP contribution in [0.5, 0.6) is 0 Å². The van der Waals surface area contributed by atoms with Crippen molar-refractivity contribution < 1.29 is 0 Å². The number of hydrogen-bond donors (Lipinski definition) is 2. The molecule has 1 unspecified atom stereocenters. The molecule has 1 aliphatic heterocycles. The summed E-state index contributed by atoms with van der Waals surface area (Å²) in [5.74, 6) is 0. The minimum atomic E-state index is 0.655. The molecule has 1 heterocycles. The van der Waals surface area contributed by atoms with E-state index in [4.69, 9.17) is 17.3 Å². The van der Waals surface area contributed by atoms with Crippen molar-refractivity contribution in [2.45, 2.75) is 23.0 Å². The van der Waals surface area contributed by atoms with Gasteiger partial charge in [-0.1, -0.05) is 11.6 Å². The first-order valence-corrected chi connectivity index (χ1v) is 6.44. The predicted molar refractivity (Wildman–Crippen MR) is 67.6 cm³/mol. The maximum absolute atomic E-state index is 5.98. The van der Waals surface area contributed by atoms with Crippen molar-refractivity contribution in [3.8, 4) is 0 Å². The lowest BCUT2D eigenvalue weighted by Gasteiger charge is -2.22. The van der Waals surface area contributed by atoms with Gasteiger partial charge in [-0.25, -0.2) is 0 Å². The Bertz CT molecular complexity index is 337. The van der Waals surface area contributed by atoms with Crippen LogP contribution in [0, 0.1) is 0 Å². The summed E-state index contributed by atoms with van der Waals surface area (Å²) in [5.41, 5.74) is 6.32. The van der Waals surface area contributed by atoms with Crippen LogP contribution in [0.1, 0.15) is 12.8 Å². The van der Waals surface area contributed by atoms with Crippen LogP contribution in [-0.4, -0.2) is 18.3 Å². The minimum absolute atomic E-state index is 0.655. The van der Waals surface area contributed by atoms with Gasteiger partial charge in [-0.05, 0) is 37.6 Å². The monoisotopic (exact) mass is 242 g/mol. The number of nitrogens with two attached hydrogens (primary N) is 1. The maximum Gasteiger partial charge on any atom is 0.0646 e. The molecular weight excluding hydrogens is 228 g/mol. The van der Waals surface area contributed by atoms with Crippen LogP contribution in [0.3, 0.4) is 0 Å². The van der Waals surface area contributed by atoms with E-state index in [1.165, 1.54) is 17.7 Å². The zero-order valence-electron chi connectivity index (χ0n) is 8.50. The van der Waals surface area contributed by atoms with Crippen molar-refractivity contribution >= 4 is 29.1 Å². The van der Waals surface area contributed by atoms with Gasteiger partial charge in [-0.3, -0.25) is 0 Å². The highest BCUT2D eigenvalue weighted by molar-refractivity contribution is 8.00. The average Bonchev–Trinajstić information content (AvgIpc) is 2.25. The second-order valence-corrected chi connectivity index (χ2v) is 5.55. The van der Waals surface area contributed by atoms with Gasteiger partial charge in [0.1, 0.15) is 0 Å². The van der Waals surface area contributed by atoms with Crippen LogP contribution in [0.15, 0.2) is 23.1 Å². The first-order chi connectivity index (χ1) is 7.25. The second-order valence-electron chi connectivity index (χ2n) is 3.77. The van der Waals surface area contributed by atoms with Crippen molar-refractivity contribution in [3.05, 3.63) is 23.2 Å². The second kappa shape index (κ2) is 5.10. The number of nitrogens with one attached hydrogen (secondary N) is 1. The molecule has 0 aliphatic carbocycles. The van der Waals surface area contributed by atoms with Gasteiger partial charge in [-0.2, -0.15) is 0 Å². The Kier molecular flexibility index (Phi) is 3.78. The van der Waals surface area contributed by atoms with Crippen molar-refractivity contribution in [2.75, 3.05) is 18.8 Å². The van der Waals surface area contributed by atoms with Crippen LogP contribution in [0.25, 0.3) is 0 Å². The van der Waals surface area contributed by atoms with Crippen molar-refractivity contribution in [3.63, 3.8) is 0 Å². The summed E-state index contributed by atoms with van der Waals surface area (Å²) in [4.78, 5) is 1.21. The lowest BCUT2D eigenvalue weighted by atomic mass is 10.2. The normalized spacial score (nSPS) is 21.5. The molecule has 0 radical (unpaired) electrons. The number of halogens is 1. The SMILES string of the molecule is Nc1ccc(SC2CCCNC2)cc1Cl. The van der Waals surface area contributed by atoms with Gasteiger partial charge in [0, 0.05) is 16.7 Å². The van der Waals surface area contributed by atoms with E-state index in [2.05, 4.69) is 5.32 Å². The van der Waals surface area contributed by atoms with E-state index in [0.29, 0.717) is 16.0 Å². The van der Waals surface area contributed by atoms with Crippen molar-refractivity contribution in [1.82, 2.24) is 5.32 Å². The zero-order chi connectivity index (χ0) is 10.7. The Balaban J connectivity index is 2.00. The van der Waals surface area contributed by atoms with Gasteiger partial charge >= 0.3 is 0 Å². The average molecular weight is 243 g/mol. The van der Waals surface area contributed by atoms with Gasteiger partial charge in [0.2, 0.25) is 0 Å². The number of piperidine rings is 1. The molecule has 82 valence electrons. The Hall–Kier alpha value is -0.380. The summed E-state index contributed by atoms with van der Waals surface area (Å²) in [6.45, 7) is 2.24. The Morgan fingerprint density at radius 3 is 3.00 bits per heavy atom. The number of thioether (sulfide) groups is 1. The summed E-state index contributed by atoms with van der Waals surface area (Å²) in [5, 5.41) is 4.72. The van der Waals surface area contributed by atoms with Crippen molar-refractivity contribution in [1.29, 1.82) is 0 Å². The van der Waals surface area contributed by atoms with E-state index in [9.17, 15) is 0 Å². The fourth-order valence-corrected chi connectivity index (χ4v) is 3.14. The number of benzene rings is 1. The van der Waals surface area contributed by atoms with Gasteiger partial charge in [-0.15, -0.1) is 11.8 Å². The van der Waals surface area contributed by atoms with Gasteiger partial charge < -0.3 is 11.1 Å². The molecule has 0 aromatic heterocycles. The molecular formula is C11H15ClN2S. The molecule has 0 spiro atoms. The van der Waals surface area contributed by atoms with Gasteiger partial charge in [0.15, 0.2) is 0 Å². The molecule has 0 saturated carbocycles. The minimum Gasteiger partial charge on any atom is -0.398 e. The topological polar surface area (TPSA) is 38.0 Å². The van der Waals surface area contributed by atoms with Crippen LogP contribution in [-0.2, 0) is 0 Å². The first kappa shape index (κ1) is 11.1. The van der Waals surface area contributed by atoms with Crippen LogP contribution in [0.2, 0.25) is 5.02 Å². The third-order valence-corrected chi connectivity index (χ3v) is 4.12. The quantitative estimate of drug-likeness (QED) is 0.784. The highest BCUT2D eigenvalue weighted by Crippen LogP contribution is 2.31. The van der Waals surface area contributed by atoms with Gasteiger partial charge in [0.25, 0.3) is 0 Å². The molecule has 4 heteroatoms. The number of hydrogen-bond acceptors (Lipinski definition) is 3. The molecule has 1 aromatic rings. The smallest absolute Gasteiger partial charge is 0.0646 e. The third-order valence-electron chi connectivity index (χ3n) is 2.53. The van der Waals surface area contributed by atoms with Crippen molar-refractivity contribution in [2.24, 2.45) is 0 Å². The molecule has 1 atom stereocenters. The summed E-state index contributed by atoms with van der Waals surface area (Å²) in [6, 6.07) is 5.87. The van der Waals surface area contributed by atoms with E-state index >= 15 is 0 Å². The number of nitrogen functional groups attached to an aromatic ring is 1. The summed E-state index contributed by atoms with van der Waals surface area (Å²) < 4.78 is 0. The van der Waals surface area contributed by atoms with Crippen LogP contribution >= 0.6 is 23.4 Å². The van der Waals surface area contributed by atoms with E-state index < -0.39 is 0 Å². The zero-order valence-corrected chi connectivity index (χ0v) is 10.1. The highest BCUT2D eigenvalue weighted by atomic mass is 35.5. The maximum atomic E-state index is 5.98. The molecule has 0 amide bonds. The Labute approximate surface area is 99.6 Å². The molecule has 1 aromatic carbocycles. The summed E-state index contributed by atoms with van der Waals surface area (Å²) in [6.07, 6.45) is 2.54. The van der Waals surface area contributed by atoms with E-state index in [-0.39, 0.29) is 0 Å². The van der Waals surface area contributed by atoms with Gasteiger partial charge in [0.05, 0.1) is 10.7 Å².